The van der Waals surface area contributed by atoms with Gasteiger partial charge < -0.3 is 15.6 Å². The summed E-state index contributed by atoms with van der Waals surface area (Å²) in [4.78, 5) is 12.4. The number of fused-ring (bicyclic) bond motifs is 1. The van der Waals surface area contributed by atoms with Crippen molar-refractivity contribution < 1.29 is 9.18 Å². The van der Waals surface area contributed by atoms with E-state index < -0.39 is 0 Å². The first-order valence-electron chi connectivity index (χ1n) is 8.03. The highest BCUT2D eigenvalue weighted by Crippen LogP contribution is 2.24. The number of hydrogen-bond donors (Lipinski definition) is 2. The molecule has 0 fully saturated rings. The largest absolute Gasteiger partial charge is 0.389 e. The molecule has 0 aliphatic carbocycles. The third-order valence-electron chi connectivity index (χ3n) is 3.95. The lowest BCUT2D eigenvalue weighted by molar-refractivity contribution is -0.116. The molecule has 5 nitrogen and oxygen atoms in total. The first-order chi connectivity index (χ1) is 13.0. The van der Waals surface area contributed by atoms with Crippen molar-refractivity contribution in [3.63, 3.8) is 0 Å². The Morgan fingerprint density at radius 2 is 1.96 bits per heavy atom. The van der Waals surface area contributed by atoms with E-state index in [1.54, 1.807) is 16.8 Å². The number of nitrogens with one attached hydrogen (secondary N) is 1. The molecule has 0 bridgehead atoms. The quantitative estimate of drug-likeness (QED) is 0.404. The Morgan fingerprint density at radius 1 is 1.26 bits per heavy atom. The number of aromatic nitrogens is 1. The number of para-hydroxylation sites is 1. The predicted octanol–water partition coefficient (Wildman–Crippen LogP) is 3.61. The Labute approximate surface area is 160 Å². The van der Waals surface area contributed by atoms with Crippen molar-refractivity contribution in [2.45, 2.75) is 6.54 Å². The zero-order chi connectivity index (χ0) is 19.4. The monoisotopic (exact) mass is 378 g/mol. The van der Waals surface area contributed by atoms with Crippen LogP contribution in [0.15, 0.2) is 60.3 Å². The lowest BCUT2D eigenvalue weighted by atomic mass is 10.1. The average molecular weight is 378 g/mol. The van der Waals surface area contributed by atoms with Gasteiger partial charge in [-0.05, 0) is 36.4 Å². The lowest BCUT2D eigenvalue weighted by Gasteiger charge is -2.07. The average Bonchev–Trinajstić information content (AvgIpc) is 2.99. The number of amides is 1. The van der Waals surface area contributed by atoms with E-state index >= 15 is 0 Å². The summed E-state index contributed by atoms with van der Waals surface area (Å²) < 4.78 is 14.7. The minimum Gasteiger partial charge on any atom is -0.389 e. The summed E-state index contributed by atoms with van der Waals surface area (Å²) in [5.41, 5.74) is 7.85. The highest BCUT2D eigenvalue weighted by molar-refractivity contribution is 7.80. The molecule has 1 aromatic heterocycles. The van der Waals surface area contributed by atoms with Crippen molar-refractivity contribution in [3.8, 4) is 6.07 Å². The van der Waals surface area contributed by atoms with Crippen LogP contribution >= 0.6 is 12.2 Å². The van der Waals surface area contributed by atoms with Crippen LogP contribution in [0.3, 0.4) is 0 Å². The summed E-state index contributed by atoms with van der Waals surface area (Å²) in [5, 5.41) is 12.8. The zero-order valence-electron chi connectivity index (χ0n) is 14.1. The van der Waals surface area contributed by atoms with Gasteiger partial charge in [-0.3, -0.25) is 4.79 Å². The second kappa shape index (κ2) is 7.81. The van der Waals surface area contributed by atoms with Crippen LogP contribution in [0.25, 0.3) is 17.0 Å². The smallest absolute Gasteiger partial charge is 0.244 e. The van der Waals surface area contributed by atoms with Gasteiger partial charge in [0.25, 0.3) is 0 Å². The molecule has 1 amide bonds. The normalized spacial score (nSPS) is 11.2. The number of anilines is 1. The third kappa shape index (κ3) is 4.19. The molecule has 0 aliphatic rings. The van der Waals surface area contributed by atoms with E-state index in [-0.39, 0.29) is 28.8 Å². The lowest BCUT2D eigenvalue weighted by Crippen LogP contribution is -2.18. The molecular formula is C20H15FN4OS. The molecule has 2 aromatic carbocycles. The van der Waals surface area contributed by atoms with Crippen LogP contribution in [0.4, 0.5) is 10.1 Å². The Bertz CT molecular complexity index is 1090. The predicted molar refractivity (Wildman–Crippen MR) is 107 cm³/mol. The van der Waals surface area contributed by atoms with Crippen molar-refractivity contribution in [3.05, 3.63) is 71.7 Å². The van der Waals surface area contributed by atoms with Crippen molar-refractivity contribution in [2.24, 2.45) is 5.73 Å². The number of carbonyl (C=O) groups is 1. The highest BCUT2D eigenvalue weighted by Gasteiger charge is 2.11. The van der Waals surface area contributed by atoms with Gasteiger partial charge in [0.05, 0.1) is 5.57 Å². The van der Waals surface area contributed by atoms with Crippen LogP contribution in [0.2, 0.25) is 0 Å². The summed E-state index contributed by atoms with van der Waals surface area (Å²) >= 11 is 4.89. The van der Waals surface area contributed by atoms with E-state index in [9.17, 15) is 14.4 Å². The second-order valence-electron chi connectivity index (χ2n) is 5.82. The number of benzene rings is 2. The molecule has 3 rings (SSSR count). The van der Waals surface area contributed by atoms with Crippen LogP contribution in [0, 0.1) is 17.1 Å². The molecule has 0 saturated carbocycles. The molecule has 0 radical (unpaired) electrons. The Kier molecular flexibility index (Phi) is 5.29. The van der Waals surface area contributed by atoms with Crippen molar-refractivity contribution in [1.82, 2.24) is 4.57 Å². The standard InChI is InChI=1S/C20H15FN4OS/c21-15-5-7-16(8-6-15)24-19(26)12-25-11-14(9-13(10-22)20(23)27)17-3-1-2-4-18(17)25/h1-9,11H,12H2,(H2,23,27)(H,24,26). The molecule has 1 heterocycles. The van der Waals surface area contributed by atoms with E-state index in [1.165, 1.54) is 24.3 Å². The molecule has 0 saturated heterocycles. The van der Waals surface area contributed by atoms with E-state index in [2.05, 4.69) is 5.32 Å². The number of thiocarbonyl (C=S) groups is 1. The first kappa shape index (κ1) is 18.3. The molecule has 27 heavy (non-hydrogen) atoms. The molecule has 0 spiro atoms. The second-order valence-corrected chi connectivity index (χ2v) is 6.26. The maximum atomic E-state index is 13.0. The zero-order valence-corrected chi connectivity index (χ0v) is 15.0. The van der Waals surface area contributed by atoms with Crippen LogP contribution in [0.1, 0.15) is 5.56 Å². The molecule has 0 aliphatic heterocycles. The number of carbonyl (C=O) groups excluding carboxylic acids is 1. The molecule has 3 aromatic rings. The number of hydrogen-bond acceptors (Lipinski definition) is 3. The van der Waals surface area contributed by atoms with Gasteiger partial charge in [0.2, 0.25) is 5.91 Å². The van der Waals surface area contributed by atoms with Gasteiger partial charge in [-0.25, -0.2) is 4.39 Å². The minimum absolute atomic E-state index is 0.0170. The molecule has 3 N–H and O–H groups in total. The van der Waals surface area contributed by atoms with E-state index in [1.807, 2.05) is 30.3 Å². The summed E-state index contributed by atoms with van der Waals surface area (Å²) in [5.74, 6) is -0.625. The fourth-order valence-corrected chi connectivity index (χ4v) is 2.83. The van der Waals surface area contributed by atoms with Gasteiger partial charge >= 0.3 is 0 Å². The van der Waals surface area contributed by atoms with Gasteiger partial charge in [0, 0.05) is 28.4 Å². The van der Waals surface area contributed by atoms with Gasteiger partial charge in [-0.2, -0.15) is 5.26 Å². The van der Waals surface area contributed by atoms with Gasteiger partial charge in [-0.15, -0.1) is 0 Å². The van der Waals surface area contributed by atoms with Crippen LogP contribution in [-0.2, 0) is 11.3 Å². The fraction of sp³-hybridized carbons (Fsp3) is 0.0500. The first-order valence-corrected chi connectivity index (χ1v) is 8.43. The van der Waals surface area contributed by atoms with Crippen LogP contribution < -0.4 is 11.1 Å². The Morgan fingerprint density at radius 3 is 2.63 bits per heavy atom. The summed E-state index contributed by atoms with van der Waals surface area (Å²) in [6.07, 6.45) is 3.38. The summed E-state index contributed by atoms with van der Waals surface area (Å²) in [6, 6.07) is 15.0. The Balaban J connectivity index is 1.91. The highest BCUT2D eigenvalue weighted by atomic mass is 32.1. The molecular weight excluding hydrogens is 363 g/mol. The number of rotatable bonds is 5. The van der Waals surface area contributed by atoms with Gasteiger partial charge in [0.1, 0.15) is 23.4 Å². The van der Waals surface area contributed by atoms with E-state index in [0.717, 1.165) is 16.5 Å². The molecule has 134 valence electrons. The summed E-state index contributed by atoms with van der Waals surface area (Å²) in [7, 11) is 0. The van der Waals surface area contributed by atoms with Crippen LogP contribution in [0.5, 0.6) is 0 Å². The van der Waals surface area contributed by atoms with E-state index in [4.69, 9.17) is 18.0 Å². The minimum atomic E-state index is -0.369. The maximum Gasteiger partial charge on any atom is 0.244 e. The van der Waals surface area contributed by atoms with Crippen LogP contribution in [-0.4, -0.2) is 15.5 Å². The summed E-state index contributed by atoms with van der Waals surface area (Å²) in [6.45, 7) is 0.0562. The number of nitrogens with two attached hydrogens (primary N) is 1. The van der Waals surface area contributed by atoms with Crippen molar-refractivity contribution >= 4 is 45.8 Å². The van der Waals surface area contributed by atoms with Gasteiger partial charge in [0.15, 0.2) is 0 Å². The van der Waals surface area contributed by atoms with Crippen molar-refractivity contribution in [2.75, 3.05) is 5.32 Å². The SMILES string of the molecule is N#CC(=Cc1cn(CC(=O)Nc2ccc(F)cc2)c2ccccc12)C(N)=S. The number of nitriles is 1. The Hall–Kier alpha value is -3.50. The fourth-order valence-electron chi connectivity index (χ4n) is 2.72. The number of nitrogens with zero attached hydrogens (tertiary/aromatic N) is 2. The number of halogens is 1. The van der Waals surface area contributed by atoms with Crippen molar-refractivity contribution in [1.29, 1.82) is 5.26 Å². The van der Waals surface area contributed by atoms with Gasteiger partial charge in [-0.1, -0.05) is 30.4 Å². The molecule has 7 heteroatoms. The molecule has 0 atom stereocenters. The maximum absolute atomic E-state index is 13.0. The third-order valence-corrected chi connectivity index (χ3v) is 4.17. The molecule has 0 unspecified atom stereocenters. The van der Waals surface area contributed by atoms with E-state index in [0.29, 0.717) is 5.69 Å². The topological polar surface area (TPSA) is 83.8 Å².